The third-order valence-electron chi connectivity index (χ3n) is 5.16. The van der Waals surface area contributed by atoms with E-state index in [9.17, 15) is 4.79 Å². The summed E-state index contributed by atoms with van der Waals surface area (Å²) in [6.07, 6.45) is 5.56. The maximum atomic E-state index is 10.9. The molecule has 19 heavy (non-hydrogen) atoms. The molecule has 0 bridgehead atoms. The second-order valence-corrected chi connectivity index (χ2v) is 6.93. The molecule has 0 radical (unpaired) electrons. The maximum Gasteiger partial charge on any atom is 0.303 e. The summed E-state index contributed by atoms with van der Waals surface area (Å²) >= 11 is 0. The monoisotopic (exact) mass is 266 g/mol. The van der Waals surface area contributed by atoms with E-state index in [0.717, 1.165) is 6.42 Å². The van der Waals surface area contributed by atoms with Crippen LogP contribution in [0.1, 0.15) is 48.0 Å². The van der Waals surface area contributed by atoms with Crippen LogP contribution in [0.4, 0.5) is 0 Å². The van der Waals surface area contributed by atoms with Crippen molar-refractivity contribution in [1.82, 2.24) is 0 Å². The van der Waals surface area contributed by atoms with Crippen molar-refractivity contribution < 1.29 is 14.3 Å². The Balaban J connectivity index is 2.12. The minimum Gasteiger partial charge on any atom is -0.459 e. The van der Waals surface area contributed by atoms with Crippen LogP contribution in [0.3, 0.4) is 0 Å². The van der Waals surface area contributed by atoms with Crippen molar-refractivity contribution in [3.8, 4) is 0 Å². The molecule has 2 fully saturated rings. The summed E-state index contributed by atoms with van der Waals surface area (Å²) in [4.78, 5) is 10.9. The first-order valence-electron chi connectivity index (χ1n) is 7.21. The lowest BCUT2D eigenvalue weighted by Crippen LogP contribution is -2.44. The summed E-state index contributed by atoms with van der Waals surface area (Å²) in [6, 6.07) is 0. The molecule has 3 heteroatoms. The van der Waals surface area contributed by atoms with Crippen LogP contribution >= 0.6 is 0 Å². The normalized spacial score (nSPS) is 41.7. The summed E-state index contributed by atoms with van der Waals surface area (Å²) in [5, 5.41) is 0. The predicted octanol–water partition coefficient (Wildman–Crippen LogP) is 3.33. The van der Waals surface area contributed by atoms with Crippen molar-refractivity contribution >= 4 is 5.97 Å². The molecular weight excluding hydrogens is 240 g/mol. The molecule has 0 N–H and O–H groups in total. The second kappa shape index (κ2) is 4.62. The first kappa shape index (κ1) is 14.6. The Morgan fingerprint density at radius 3 is 2.63 bits per heavy atom. The van der Waals surface area contributed by atoms with Crippen molar-refractivity contribution in [2.24, 2.45) is 17.3 Å². The van der Waals surface area contributed by atoms with Gasteiger partial charge in [-0.2, -0.15) is 0 Å². The molecule has 2 aliphatic rings. The molecular formula is C16H26O3. The van der Waals surface area contributed by atoms with Crippen LogP contribution in [-0.4, -0.2) is 23.8 Å². The van der Waals surface area contributed by atoms with Gasteiger partial charge in [0.15, 0.2) is 0 Å². The Morgan fingerprint density at radius 1 is 1.42 bits per heavy atom. The maximum absolute atomic E-state index is 10.9. The zero-order valence-corrected chi connectivity index (χ0v) is 12.9. The van der Waals surface area contributed by atoms with Gasteiger partial charge in [0.2, 0.25) is 0 Å². The summed E-state index contributed by atoms with van der Waals surface area (Å²) < 4.78 is 11.1. The van der Waals surface area contributed by atoms with E-state index in [0.29, 0.717) is 17.9 Å². The fourth-order valence-electron chi connectivity index (χ4n) is 3.51. The molecule has 3 nitrogen and oxygen atoms in total. The standard InChI is InChI=1S/C16H26O3/c1-10-9-14-16(6,19-14)13(15(10,4)5)8-7-11(2)18-12(3)17/h7-8,10-11,13-14H,9H2,1-6H3/t10-,11-,13-,14-,16+/m0/s1. The Bertz CT molecular complexity index is 399. The molecule has 0 amide bonds. The summed E-state index contributed by atoms with van der Waals surface area (Å²) in [6.45, 7) is 12.5. The van der Waals surface area contributed by atoms with E-state index in [-0.39, 0.29) is 23.1 Å². The van der Waals surface area contributed by atoms with Gasteiger partial charge in [-0.25, -0.2) is 0 Å². The van der Waals surface area contributed by atoms with Crippen molar-refractivity contribution in [3.63, 3.8) is 0 Å². The van der Waals surface area contributed by atoms with Gasteiger partial charge in [0.05, 0.1) is 11.7 Å². The zero-order chi connectivity index (χ0) is 14.4. The molecule has 0 aromatic heterocycles. The van der Waals surface area contributed by atoms with Crippen LogP contribution in [0.25, 0.3) is 0 Å². The number of carbonyl (C=O) groups excluding carboxylic acids is 1. The van der Waals surface area contributed by atoms with Gasteiger partial charge in [0.1, 0.15) is 6.10 Å². The Kier molecular flexibility index (Phi) is 3.54. The van der Waals surface area contributed by atoms with Crippen molar-refractivity contribution in [2.45, 2.75) is 65.8 Å². The average molecular weight is 266 g/mol. The van der Waals surface area contributed by atoms with Gasteiger partial charge in [-0.1, -0.05) is 26.8 Å². The minimum absolute atomic E-state index is 0.0253. The molecule has 0 unspecified atom stereocenters. The van der Waals surface area contributed by atoms with Gasteiger partial charge in [0.25, 0.3) is 0 Å². The van der Waals surface area contributed by atoms with Crippen molar-refractivity contribution in [2.75, 3.05) is 0 Å². The number of carbonyl (C=O) groups is 1. The molecule has 2 rings (SSSR count). The first-order chi connectivity index (χ1) is 8.68. The van der Waals surface area contributed by atoms with Crippen LogP contribution in [-0.2, 0) is 14.3 Å². The minimum atomic E-state index is -0.236. The van der Waals surface area contributed by atoms with Gasteiger partial charge < -0.3 is 9.47 Å². The van der Waals surface area contributed by atoms with E-state index < -0.39 is 0 Å². The lowest BCUT2D eigenvalue weighted by molar-refractivity contribution is -0.143. The van der Waals surface area contributed by atoms with Crippen LogP contribution in [0.5, 0.6) is 0 Å². The molecule has 0 aromatic rings. The lowest BCUT2D eigenvalue weighted by atomic mass is 9.59. The smallest absolute Gasteiger partial charge is 0.303 e. The molecule has 5 atom stereocenters. The van der Waals surface area contributed by atoms with E-state index in [1.807, 2.05) is 13.0 Å². The van der Waals surface area contributed by atoms with E-state index in [2.05, 4.69) is 33.8 Å². The van der Waals surface area contributed by atoms with E-state index in [1.165, 1.54) is 6.92 Å². The highest BCUT2D eigenvalue weighted by atomic mass is 16.6. The number of fused-ring (bicyclic) bond motifs is 1. The van der Waals surface area contributed by atoms with Crippen LogP contribution < -0.4 is 0 Å². The number of hydrogen-bond acceptors (Lipinski definition) is 3. The van der Waals surface area contributed by atoms with Crippen molar-refractivity contribution in [3.05, 3.63) is 12.2 Å². The third kappa shape index (κ3) is 2.58. The fourth-order valence-corrected chi connectivity index (χ4v) is 3.51. The van der Waals surface area contributed by atoms with Crippen LogP contribution in [0.2, 0.25) is 0 Å². The summed E-state index contributed by atoms with van der Waals surface area (Å²) in [5.41, 5.74) is 0.177. The highest BCUT2D eigenvalue weighted by Gasteiger charge is 2.65. The number of ether oxygens (including phenoxy) is 2. The summed E-state index contributed by atoms with van der Waals surface area (Å²) in [5.74, 6) is 0.763. The second-order valence-electron chi connectivity index (χ2n) is 6.93. The largest absolute Gasteiger partial charge is 0.459 e. The molecule has 0 aromatic carbocycles. The third-order valence-corrected chi connectivity index (χ3v) is 5.16. The quantitative estimate of drug-likeness (QED) is 0.447. The van der Waals surface area contributed by atoms with E-state index in [4.69, 9.17) is 9.47 Å². The molecule has 108 valence electrons. The lowest BCUT2D eigenvalue weighted by Gasteiger charge is -2.43. The molecule has 0 spiro atoms. The molecule has 1 aliphatic heterocycles. The molecule has 1 saturated carbocycles. The Labute approximate surface area is 116 Å². The SMILES string of the molecule is CC(=O)O[C@@H](C)C=C[C@H]1C(C)(C)[C@@H](C)C[C@@H]2O[C@@]21C. The number of hydrogen-bond donors (Lipinski definition) is 0. The predicted molar refractivity (Wildman–Crippen MR) is 74.7 cm³/mol. The van der Waals surface area contributed by atoms with Gasteiger partial charge in [-0.15, -0.1) is 0 Å². The van der Waals surface area contributed by atoms with Gasteiger partial charge >= 0.3 is 5.97 Å². The van der Waals surface area contributed by atoms with Gasteiger partial charge in [-0.05, 0) is 37.7 Å². The number of epoxide rings is 1. The van der Waals surface area contributed by atoms with Gasteiger partial charge in [0, 0.05) is 12.8 Å². The summed E-state index contributed by atoms with van der Waals surface area (Å²) in [7, 11) is 0. The highest BCUT2D eigenvalue weighted by molar-refractivity contribution is 5.66. The fraction of sp³-hybridized carbons (Fsp3) is 0.812. The molecule has 1 aliphatic carbocycles. The van der Waals surface area contributed by atoms with E-state index >= 15 is 0 Å². The number of rotatable bonds is 3. The molecule has 1 saturated heterocycles. The van der Waals surface area contributed by atoms with Crippen molar-refractivity contribution in [1.29, 1.82) is 0 Å². The average Bonchev–Trinajstić information content (AvgIpc) is 2.87. The van der Waals surface area contributed by atoms with Crippen LogP contribution in [0.15, 0.2) is 12.2 Å². The molecule has 1 heterocycles. The topological polar surface area (TPSA) is 38.8 Å². The zero-order valence-electron chi connectivity index (χ0n) is 12.9. The van der Waals surface area contributed by atoms with Gasteiger partial charge in [-0.3, -0.25) is 4.79 Å². The van der Waals surface area contributed by atoms with Crippen LogP contribution in [0, 0.1) is 17.3 Å². The first-order valence-corrected chi connectivity index (χ1v) is 7.21. The Hall–Kier alpha value is -0.830. The van der Waals surface area contributed by atoms with E-state index in [1.54, 1.807) is 0 Å². The number of esters is 1. The highest BCUT2D eigenvalue weighted by Crippen LogP contribution is 2.60. The Morgan fingerprint density at radius 2 is 2.05 bits per heavy atom.